The highest BCUT2D eigenvalue weighted by Crippen LogP contribution is 2.39. The Morgan fingerprint density at radius 1 is 1.23 bits per heavy atom. The Bertz CT molecular complexity index is 827. The molecule has 0 unspecified atom stereocenters. The molecule has 1 aromatic carbocycles. The number of likely N-dealkylation sites (tertiary alicyclic amines) is 1. The van der Waals surface area contributed by atoms with Gasteiger partial charge in [0.05, 0.1) is 11.7 Å². The Labute approximate surface area is 179 Å². The fraction of sp³-hybridized carbons (Fsp3) is 0.583. The molecule has 4 rings (SSSR count). The minimum Gasteiger partial charge on any atom is -0.370 e. The van der Waals surface area contributed by atoms with Gasteiger partial charge in [0.15, 0.2) is 0 Å². The van der Waals surface area contributed by atoms with Gasteiger partial charge in [0, 0.05) is 32.9 Å². The highest BCUT2D eigenvalue weighted by atomic mass is 16.5. The molecular formula is C24H34N4O2. The molecule has 1 aromatic heterocycles. The van der Waals surface area contributed by atoms with Gasteiger partial charge in [0.25, 0.3) is 5.91 Å². The summed E-state index contributed by atoms with van der Waals surface area (Å²) in [5, 5.41) is 7.14. The molecule has 2 saturated heterocycles. The Morgan fingerprint density at radius 2 is 2.00 bits per heavy atom. The number of amides is 1. The van der Waals surface area contributed by atoms with E-state index in [9.17, 15) is 4.79 Å². The zero-order valence-electron chi connectivity index (χ0n) is 18.2. The quantitative estimate of drug-likeness (QED) is 0.760. The number of nitrogens with one attached hydrogen (secondary N) is 1. The molecule has 2 fully saturated rings. The van der Waals surface area contributed by atoms with E-state index in [4.69, 9.17) is 4.74 Å². The van der Waals surface area contributed by atoms with Crippen LogP contribution in [0.15, 0.2) is 42.6 Å². The third kappa shape index (κ3) is 5.10. The lowest BCUT2D eigenvalue weighted by molar-refractivity contribution is -0.0755. The van der Waals surface area contributed by atoms with Crippen molar-refractivity contribution in [3.63, 3.8) is 0 Å². The molecule has 0 aliphatic carbocycles. The summed E-state index contributed by atoms with van der Waals surface area (Å²) in [6.07, 6.45) is 7.40. The first kappa shape index (κ1) is 21.1. The van der Waals surface area contributed by atoms with Gasteiger partial charge in [-0.1, -0.05) is 37.3 Å². The van der Waals surface area contributed by atoms with Crippen molar-refractivity contribution in [3.05, 3.63) is 53.9 Å². The van der Waals surface area contributed by atoms with Gasteiger partial charge in [-0.15, -0.1) is 0 Å². The molecule has 6 heteroatoms. The average molecular weight is 411 g/mol. The molecule has 1 spiro atoms. The number of carbonyl (C=O) groups is 1. The standard InChI is InChI=1S/C24H34N4O2/c1-19(20-6-4-3-5-7-20)9-15-28-16-12-24(13-17-28)11-8-21(30-24)18-25-23(29)22-10-14-27(2)26-22/h3-7,10,14,19,21H,8-9,11-13,15-18H2,1-2H3,(H,25,29)/t19-,21+/m1/s1. The summed E-state index contributed by atoms with van der Waals surface area (Å²) in [6.45, 7) is 6.25. The number of nitrogens with zero attached hydrogens (tertiary/aromatic N) is 3. The average Bonchev–Trinajstić information content (AvgIpc) is 3.39. The van der Waals surface area contributed by atoms with Crippen molar-refractivity contribution >= 4 is 5.91 Å². The van der Waals surface area contributed by atoms with Crippen LogP contribution in [-0.2, 0) is 11.8 Å². The van der Waals surface area contributed by atoms with Gasteiger partial charge in [0.2, 0.25) is 0 Å². The molecule has 2 aliphatic rings. The SMILES string of the molecule is C[C@H](CCN1CCC2(CC[C@@H](CNC(=O)c3ccn(C)n3)O2)CC1)c1ccccc1. The van der Waals surface area contributed by atoms with E-state index >= 15 is 0 Å². The number of hydrogen-bond acceptors (Lipinski definition) is 4. The van der Waals surface area contributed by atoms with Gasteiger partial charge in [-0.25, -0.2) is 0 Å². The smallest absolute Gasteiger partial charge is 0.271 e. The normalized spacial score (nSPS) is 22.3. The van der Waals surface area contributed by atoms with Crippen molar-refractivity contribution in [3.8, 4) is 0 Å². The third-order valence-corrected chi connectivity index (χ3v) is 6.79. The molecule has 2 aromatic rings. The molecule has 0 bridgehead atoms. The van der Waals surface area contributed by atoms with E-state index in [1.54, 1.807) is 16.9 Å². The lowest BCUT2D eigenvalue weighted by Crippen LogP contribution is -2.45. The molecule has 0 saturated carbocycles. The number of piperidine rings is 1. The largest absolute Gasteiger partial charge is 0.370 e. The molecule has 30 heavy (non-hydrogen) atoms. The van der Waals surface area contributed by atoms with Crippen LogP contribution in [0.25, 0.3) is 0 Å². The van der Waals surface area contributed by atoms with Gasteiger partial charge in [-0.2, -0.15) is 5.10 Å². The Hall–Kier alpha value is -2.18. The summed E-state index contributed by atoms with van der Waals surface area (Å²) in [7, 11) is 1.81. The summed E-state index contributed by atoms with van der Waals surface area (Å²) in [5.74, 6) is 0.472. The van der Waals surface area contributed by atoms with Crippen LogP contribution < -0.4 is 5.32 Å². The maximum absolute atomic E-state index is 12.2. The lowest BCUT2D eigenvalue weighted by atomic mass is 9.88. The van der Waals surface area contributed by atoms with Gasteiger partial charge >= 0.3 is 0 Å². The van der Waals surface area contributed by atoms with E-state index in [1.807, 2.05) is 7.05 Å². The Morgan fingerprint density at radius 3 is 2.70 bits per heavy atom. The molecule has 1 amide bonds. The van der Waals surface area contributed by atoms with E-state index < -0.39 is 0 Å². The van der Waals surface area contributed by atoms with Crippen molar-refractivity contribution in [1.82, 2.24) is 20.0 Å². The molecule has 1 N–H and O–H groups in total. The summed E-state index contributed by atoms with van der Waals surface area (Å²) in [6, 6.07) is 12.5. The van der Waals surface area contributed by atoms with Crippen LogP contribution in [0.2, 0.25) is 0 Å². The summed E-state index contributed by atoms with van der Waals surface area (Å²) in [5.41, 5.74) is 1.91. The van der Waals surface area contributed by atoms with E-state index in [-0.39, 0.29) is 17.6 Å². The first-order valence-corrected chi connectivity index (χ1v) is 11.3. The number of benzene rings is 1. The Kier molecular flexibility index (Phi) is 6.54. The second-order valence-corrected chi connectivity index (χ2v) is 8.99. The topological polar surface area (TPSA) is 59.4 Å². The molecule has 162 valence electrons. The van der Waals surface area contributed by atoms with Crippen molar-refractivity contribution in [2.24, 2.45) is 7.05 Å². The van der Waals surface area contributed by atoms with Crippen LogP contribution in [0, 0.1) is 0 Å². The fourth-order valence-corrected chi connectivity index (χ4v) is 4.75. The number of rotatable bonds is 7. The maximum Gasteiger partial charge on any atom is 0.271 e. The molecule has 6 nitrogen and oxygen atoms in total. The fourth-order valence-electron chi connectivity index (χ4n) is 4.75. The minimum atomic E-state index is -0.123. The predicted molar refractivity (Wildman–Crippen MR) is 118 cm³/mol. The third-order valence-electron chi connectivity index (χ3n) is 6.79. The van der Waals surface area contributed by atoms with E-state index in [2.05, 4.69) is 52.6 Å². The monoisotopic (exact) mass is 410 g/mol. The van der Waals surface area contributed by atoms with Crippen molar-refractivity contribution < 1.29 is 9.53 Å². The van der Waals surface area contributed by atoms with Crippen LogP contribution >= 0.6 is 0 Å². The summed E-state index contributed by atoms with van der Waals surface area (Å²) < 4.78 is 8.10. The molecule has 3 heterocycles. The maximum atomic E-state index is 12.2. The number of aryl methyl sites for hydroxylation is 1. The lowest BCUT2D eigenvalue weighted by Gasteiger charge is -2.39. The van der Waals surface area contributed by atoms with Crippen molar-refractivity contribution in [2.45, 2.75) is 56.7 Å². The van der Waals surface area contributed by atoms with Gasteiger partial charge in [-0.3, -0.25) is 9.48 Å². The second-order valence-electron chi connectivity index (χ2n) is 8.99. The van der Waals surface area contributed by atoms with Crippen LogP contribution in [0.3, 0.4) is 0 Å². The number of carbonyl (C=O) groups excluding carboxylic acids is 1. The van der Waals surface area contributed by atoms with Crippen LogP contribution in [0.5, 0.6) is 0 Å². The van der Waals surface area contributed by atoms with Crippen LogP contribution in [-0.4, -0.2) is 58.5 Å². The first-order valence-electron chi connectivity index (χ1n) is 11.3. The summed E-state index contributed by atoms with van der Waals surface area (Å²) >= 11 is 0. The number of hydrogen-bond donors (Lipinski definition) is 1. The highest BCUT2D eigenvalue weighted by molar-refractivity contribution is 5.92. The van der Waals surface area contributed by atoms with Gasteiger partial charge < -0.3 is 15.0 Å². The van der Waals surface area contributed by atoms with Gasteiger partial charge in [-0.05, 0) is 56.2 Å². The van der Waals surface area contributed by atoms with Crippen molar-refractivity contribution in [2.75, 3.05) is 26.2 Å². The van der Waals surface area contributed by atoms with Gasteiger partial charge in [0.1, 0.15) is 5.69 Å². The minimum absolute atomic E-state index is 0.0158. The zero-order valence-corrected chi connectivity index (χ0v) is 18.2. The molecule has 2 aliphatic heterocycles. The van der Waals surface area contributed by atoms with E-state index in [0.717, 1.165) is 45.3 Å². The van der Waals surface area contributed by atoms with E-state index in [0.29, 0.717) is 18.2 Å². The number of ether oxygens (including phenoxy) is 1. The predicted octanol–water partition coefficient (Wildman–Crippen LogP) is 3.36. The summed E-state index contributed by atoms with van der Waals surface area (Å²) in [4.78, 5) is 14.8. The van der Waals surface area contributed by atoms with E-state index in [1.165, 1.54) is 12.0 Å². The zero-order chi connectivity index (χ0) is 21.0. The van der Waals surface area contributed by atoms with Crippen molar-refractivity contribution in [1.29, 1.82) is 0 Å². The second kappa shape index (κ2) is 9.31. The first-order chi connectivity index (χ1) is 14.5. The van der Waals surface area contributed by atoms with Crippen LogP contribution in [0.4, 0.5) is 0 Å². The number of aromatic nitrogens is 2. The highest BCUT2D eigenvalue weighted by Gasteiger charge is 2.42. The Balaban J connectivity index is 1.18. The van der Waals surface area contributed by atoms with Crippen LogP contribution in [0.1, 0.15) is 61.0 Å². The molecule has 2 atom stereocenters. The molecular weight excluding hydrogens is 376 g/mol. The molecule has 0 radical (unpaired) electrons.